The number of nitrogens with one attached hydrogen (secondary N) is 1. The highest BCUT2D eigenvalue weighted by Gasteiger charge is 2.12. The Labute approximate surface area is 201 Å². The molecule has 0 radical (unpaired) electrons. The van der Waals surface area contributed by atoms with E-state index in [0.717, 1.165) is 26.4 Å². The molecule has 4 nitrogen and oxygen atoms in total. The third kappa shape index (κ3) is 5.68. The number of fused-ring (bicyclic) bond motifs is 1. The minimum Gasteiger partial charge on any atom is -0.488 e. The van der Waals surface area contributed by atoms with Crippen LogP contribution in [-0.2, 0) is 17.9 Å². The molecular formula is C28H21BrN2O2. The van der Waals surface area contributed by atoms with Crippen LogP contribution in [0.5, 0.6) is 5.75 Å². The first kappa shape index (κ1) is 22.3. The molecule has 4 rings (SSSR count). The van der Waals surface area contributed by atoms with Gasteiger partial charge in [0, 0.05) is 16.6 Å². The van der Waals surface area contributed by atoms with Gasteiger partial charge in [-0.25, -0.2) is 0 Å². The van der Waals surface area contributed by atoms with E-state index in [2.05, 4.69) is 39.4 Å². The lowest BCUT2D eigenvalue weighted by molar-refractivity contribution is -0.117. The topological polar surface area (TPSA) is 62.1 Å². The Hall–Kier alpha value is -3.88. The predicted molar refractivity (Wildman–Crippen MR) is 134 cm³/mol. The Morgan fingerprint density at radius 2 is 1.73 bits per heavy atom. The van der Waals surface area contributed by atoms with Gasteiger partial charge in [-0.1, -0.05) is 88.7 Å². The van der Waals surface area contributed by atoms with Crippen LogP contribution in [0.3, 0.4) is 0 Å². The summed E-state index contributed by atoms with van der Waals surface area (Å²) in [6, 6.07) is 31.4. The number of hydrogen-bond donors (Lipinski definition) is 1. The van der Waals surface area contributed by atoms with Crippen LogP contribution in [0.15, 0.2) is 101 Å². The Bertz CT molecular complexity index is 1350. The standard InChI is InChI=1S/C28H21BrN2O2/c29-25-13-14-27(33-19-22-11-6-10-21-9-4-5-12-26(21)22)23(16-25)15-24(17-30)28(32)31-18-20-7-2-1-3-8-20/h1-16H,18-19H2,(H,31,32)/b24-15+. The summed E-state index contributed by atoms with van der Waals surface area (Å²) in [7, 11) is 0. The first-order chi connectivity index (χ1) is 16.1. The summed E-state index contributed by atoms with van der Waals surface area (Å²) < 4.78 is 6.96. The normalized spacial score (nSPS) is 11.1. The maximum Gasteiger partial charge on any atom is 0.262 e. The first-order valence-corrected chi connectivity index (χ1v) is 11.3. The summed E-state index contributed by atoms with van der Waals surface area (Å²) in [5.74, 6) is 0.163. The largest absolute Gasteiger partial charge is 0.488 e. The summed E-state index contributed by atoms with van der Waals surface area (Å²) >= 11 is 3.47. The number of carbonyl (C=O) groups is 1. The van der Waals surface area contributed by atoms with Crippen molar-refractivity contribution in [3.05, 3.63) is 118 Å². The van der Waals surface area contributed by atoms with Crippen molar-refractivity contribution in [2.45, 2.75) is 13.2 Å². The van der Waals surface area contributed by atoms with Crippen molar-refractivity contribution in [3.63, 3.8) is 0 Å². The Morgan fingerprint density at radius 3 is 2.55 bits per heavy atom. The number of amides is 1. The fourth-order valence-electron chi connectivity index (χ4n) is 3.51. The van der Waals surface area contributed by atoms with Crippen LogP contribution < -0.4 is 10.1 Å². The van der Waals surface area contributed by atoms with Gasteiger partial charge in [0.05, 0.1) is 0 Å². The lowest BCUT2D eigenvalue weighted by Crippen LogP contribution is -2.23. The van der Waals surface area contributed by atoms with Gasteiger partial charge in [-0.2, -0.15) is 5.26 Å². The molecule has 0 atom stereocenters. The molecule has 0 heterocycles. The molecule has 162 valence electrons. The second kappa shape index (κ2) is 10.6. The molecule has 0 fully saturated rings. The SMILES string of the molecule is N#C/C(=C\c1cc(Br)ccc1OCc1cccc2ccccc12)C(=O)NCc1ccccc1. The summed E-state index contributed by atoms with van der Waals surface area (Å²) in [5.41, 5.74) is 2.69. The minimum absolute atomic E-state index is 0.0130. The molecule has 33 heavy (non-hydrogen) atoms. The molecule has 0 aliphatic carbocycles. The number of carbonyl (C=O) groups excluding carboxylic acids is 1. The van der Waals surface area contributed by atoms with E-state index in [0.29, 0.717) is 24.5 Å². The summed E-state index contributed by atoms with van der Waals surface area (Å²) in [6.07, 6.45) is 1.56. The van der Waals surface area contributed by atoms with Gasteiger partial charge in [-0.15, -0.1) is 0 Å². The van der Waals surface area contributed by atoms with Crippen LogP contribution in [0, 0.1) is 11.3 Å². The number of hydrogen-bond acceptors (Lipinski definition) is 3. The number of ether oxygens (including phenoxy) is 1. The molecule has 0 aliphatic heterocycles. The molecule has 0 aromatic heterocycles. The van der Waals surface area contributed by atoms with Crippen molar-refractivity contribution in [1.82, 2.24) is 5.32 Å². The van der Waals surface area contributed by atoms with Gasteiger partial charge in [-0.3, -0.25) is 4.79 Å². The number of halogens is 1. The van der Waals surface area contributed by atoms with Crippen LogP contribution in [-0.4, -0.2) is 5.91 Å². The van der Waals surface area contributed by atoms with E-state index in [1.54, 1.807) is 6.08 Å². The average molecular weight is 497 g/mol. The molecule has 1 N–H and O–H groups in total. The fourth-order valence-corrected chi connectivity index (χ4v) is 3.89. The van der Waals surface area contributed by atoms with E-state index in [9.17, 15) is 10.1 Å². The van der Waals surface area contributed by atoms with Crippen molar-refractivity contribution >= 4 is 38.7 Å². The lowest BCUT2D eigenvalue weighted by Gasteiger charge is -2.12. The van der Waals surface area contributed by atoms with Crippen LogP contribution in [0.2, 0.25) is 0 Å². The van der Waals surface area contributed by atoms with Gasteiger partial charge in [-0.05, 0) is 46.2 Å². The third-order valence-corrected chi connectivity index (χ3v) is 5.69. The first-order valence-electron chi connectivity index (χ1n) is 10.5. The molecule has 0 spiro atoms. The van der Waals surface area contributed by atoms with Crippen LogP contribution in [0.25, 0.3) is 16.8 Å². The van der Waals surface area contributed by atoms with Crippen molar-refractivity contribution in [2.24, 2.45) is 0 Å². The highest BCUT2D eigenvalue weighted by atomic mass is 79.9. The smallest absolute Gasteiger partial charge is 0.262 e. The van der Waals surface area contributed by atoms with Gasteiger partial charge < -0.3 is 10.1 Å². The van der Waals surface area contributed by atoms with Gasteiger partial charge in [0.15, 0.2) is 0 Å². The van der Waals surface area contributed by atoms with E-state index >= 15 is 0 Å². The van der Waals surface area contributed by atoms with Gasteiger partial charge >= 0.3 is 0 Å². The number of benzene rings is 4. The quantitative estimate of drug-likeness (QED) is 0.237. The zero-order valence-corrected chi connectivity index (χ0v) is 19.4. The molecule has 0 saturated carbocycles. The Kier molecular flexibility index (Phi) is 7.19. The molecule has 0 aliphatic rings. The lowest BCUT2D eigenvalue weighted by atomic mass is 10.1. The highest BCUT2D eigenvalue weighted by molar-refractivity contribution is 9.10. The maximum absolute atomic E-state index is 12.6. The Balaban J connectivity index is 1.54. The van der Waals surface area contributed by atoms with Crippen LogP contribution >= 0.6 is 15.9 Å². The van der Waals surface area contributed by atoms with Crippen LogP contribution in [0.1, 0.15) is 16.7 Å². The second-order valence-electron chi connectivity index (χ2n) is 7.45. The number of nitrogens with zero attached hydrogens (tertiary/aromatic N) is 1. The summed E-state index contributed by atoms with van der Waals surface area (Å²) in [5, 5.41) is 14.7. The molecule has 1 amide bonds. The molecule has 0 saturated heterocycles. The van der Waals surface area contributed by atoms with Crippen LogP contribution in [0.4, 0.5) is 0 Å². The van der Waals surface area contributed by atoms with Gasteiger partial charge in [0.25, 0.3) is 5.91 Å². The average Bonchev–Trinajstić information content (AvgIpc) is 2.86. The van der Waals surface area contributed by atoms with Crippen molar-refractivity contribution in [3.8, 4) is 11.8 Å². The predicted octanol–water partition coefficient (Wildman–Crippen LogP) is 6.40. The van der Waals surface area contributed by atoms with Crippen molar-refractivity contribution in [1.29, 1.82) is 5.26 Å². The molecular weight excluding hydrogens is 476 g/mol. The fraction of sp³-hybridized carbons (Fsp3) is 0.0714. The number of nitriles is 1. The zero-order valence-electron chi connectivity index (χ0n) is 17.8. The molecule has 0 bridgehead atoms. The van der Waals surface area contributed by atoms with E-state index in [1.807, 2.05) is 78.9 Å². The van der Waals surface area contributed by atoms with E-state index in [4.69, 9.17) is 4.74 Å². The molecule has 4 aromatic rings. The Morgan fingerprint density at radius 1 is 0.970 bits per heavy atom. The van der Waals surface area contributed by atoms with E-state index in [-0.39, 0.29) is 5.57 Å². The highest BCUT2D eigenvalue weighted by Crippen LogP contribution is 2.27. The molecule has 4 aromatic carbocycles. The monoisotopic (exact) mass is 496 g/mol. The third-order valence-electron chi connectivity index (χ3n) is 5.20. The second-order valence-corrected chi connectivity index (χ2v) is 8.36. The van der Waals surface area contributed by atoms with E-state index < -0.39 is 5.91 Å². The minimum atomic E-state index is -0.429. The zero-order chi connectivity index (χ0) is 23.0. The molecule has 0 unspecified atom stereocenters. The van der Waals surface area contributed by atoms with Gasteiger partial charge in [0.2, 0.25) is 0 Å². The number of rotatable bonds is 7. The van der Waals surface area contributed by atoms with Crippen molar-refractivity contribution < 1.29 is 9.53 Å². The van der Waals surface area contributed by atoms with Gasteiger partial charge in [0.1, 0.15) is 24.0 Å². The van der Waals surface area contributed by atoms with Crippen molar-refractivity contribution in [2.75, 3.05) is 0 Å². The summed E-state index contributed by atoms with van der Waals surface area (Å²) in [4.78, 5) is 12.6. The van der Waals surface area contributed by atoms with E-state index in [1.165, 1.54) is 0 Å². The summed E-state index contributed by atoms with van der Waals surface area (Å²) in [6.45, 7) is 0.716. The molecule has 5 heteroatoms. The maximum atomic E-state index is 12.6.